The molecule has 0 spiro atoms. The number of para-hydroxylation sites is 2. The van der Waals surface area contributed by atoms with Crippen LogP contribution in [0, 0.1) is 0 Å². The Morgan fingerprint density at radius 2 is 0.746 bits per heavy atom. The Kier molecular flexibility index (Phi) is 9.24. The largest absolute Gasteiger partial charge is 0.311 e. The molecule has 0 saturated heterocycles. The Labute approximate surface area is 347 Å². The standard InChI is InChI=1S/C57H44N2/c1-57(2)55-20-12-11-19-53(55)54-38-37-52(40-56(54)57)59(51-36-31-43-13-9-10-14-46(43)39-51)50-34-29-45(30-35-50)44-27-23-41(24-28-44)21-22-42-25-32-49(33-26-42)58(47-15-5-3-6-16-47)48-17-7-4-8-18-48/h3-40H,1-2H3. The summed E-state index contributed by atoms with van der Waals surface area (Å²) in [4.78, 5) is 4.68. The highest BCUT2D eigenvalue weighted by Crippen LogP contribution is 2.50. The van der Waals surface area contributed by atoms with Crippen molar-refractivity contribution in [1.82, 2.24) is 0 Å². The average Bonchev–Trinajstić information content (AvgIpc) is 3.52. The third kappa shape index (κ3) is 6.89. The van der Waals surface area contributed by atoms with E-state index in [0.29, 0.717) is 0 Å². The summed E-state index contributed by atoms with van der Waals surface area (Å²) in [5, 5.41) is 2.46. The van der Waals surface area contributed by atoms with Crippen molar-refractivity contribution in [2.75, 3.05) is 9.80 Å². The first kappa shape index (κ1) is 36.0. The summed E-state index contributed by atoms with van der Waals surface area (Å²) < 4.78 is 0. The number of rotatable bonds is 9. The molecule has 1 aliphatic rings. The summed E-state index contributed by atoms with van der Waals surface area (Å²) in [5.41, 5.74) is 16.8. The Bertz CT molecular complexity index is 2890. The van der Waals surface area contributed by atoms with Crippen molar-refractivity contribution < 1.29 is 0 Å². The summed E-state index contributed by atoms with van der Waals surface area (Å²) in [5.74, 6) is 0. The van der Waals surface area contributed by atoms with Gasteiger partial charge in [-0.15, -0.1) is 0 Å². The van der Waals surface area contributed by atoms with E-state index in [4.69, 9.17) is 0 Å². The average molecular weight is 757 g/mol. The maximum absolute atomic E-state index is 2.41. The molecule has 9 aromatic rings. The third-order valence-electron chi connectivity index (χ3n) is 11.8. The smallest absolute Gasteiger partial charge is 0.0468 e. The fraction of sp³-hybridized carbons (Fsp3) is 0.0526. The molecular formula is C57H44N2. The van der Waals surface area contributed by atoms with Crippen LogP contribution in [0.5, 0.6) is 0 Å². The van der Waals surface area contributed by atoms with E-state index in [2.05, 4.69) is 254 Å². The number of hydrogen-bond acceptors (Lipinski definition) is 2. The Morgan fingerprint density at radius 1 is 0.322 bits per heavy atom. The van der Waals surface area contributed by atoms with E-state index in [0.717, 1.165) is 45.3 Å². The van der Waals surface area contributed by atoms with Crippen molar-refractivity contribution >= 4 is 57.0 Å². The molecule has 0 unspecified atom stereocenters. The van der Waals surface area contributed by atoms with E-state index in [1.54, 1.807) is 0 Å². The van der Waals surface area contributed by atoms with Gasteiger partial charge in [0.1, 0.15) is 0 Å². The van der Waals surface area contributed by atoms with Crippen LogP contribution in [-0.2, 0) is 5.41 Å². The predicted molar refractivity (Wildman–Crippen MR) is 252 cm³/mol. The first-order valence-corrected chi connectivity index (χ1v) is 20.4. The molecule has 282 valence electrons. The Hall–Kier alpha value is -7.42. The van der Waals surface area contributed by atoms with Crippen molar-refractivity contribution in [3.8, 4) is 22.3 Å². The second-order valence-corrected chi connectivity index (χ2v) is 15.9. The first-order chi connectivity index (χ1) is 29.0. The lowest BCUT2D eigenvalue weighted by atomic mass is 9.82. The third-order valence-corrected chi connectivity index (χ3v) is 11.8. The summed E-state index contributed by atoms with van der Waals surface area (Å²) >= 11 is 0. The van der Waals surface area contributed by atoms with E-state index >= 15 is 0 Å². The highest BCUT2D eigenvalue weighted by molar-refractivity contribution is 5.91. The molecule has 0 aliphatic heterocycles. The van der Waals surface area contributed by atoms with Gasteiger partial charge in [0.2, 0.25) is 0 Å². The molecule has 9 aromatic carbocycles. The number of fused-ring (bicyclic) bond motifs is 4. The zero-order valence-corrected chi connectivity index (χ0v) is 33.3. The summed E-state index contributed by atoms with van der Waals surface area (Å²) in [6.45, 7) is 4.70. The van der Waals surface area contributed by atoms with Gasteiger partial charge < -0.3 is 9.80 Å². The van der Waals surface area contributed by atoms with Gasteiger partial charge in [-0.25, -0.2) is 0 Å². The van der Waals surface area contributed by atoms with E-state index in [9.17, 15) is 0 Å². The maximum Gasteiger partial charge on any atom is 0.0468 e. The highest BCUT2D eigenvalue weighted by Gasteiger charge is 2.35. The minimum Gasteiger partial charge on any atom is -0.311 e. The van der Waals surface area contributed by atoms with Crippen molar-refractivity contribution in [3.63, 3.8) is 0 Å². The van der Waals surface area contributed by atoms with Crippen LogP contribution in [0.25, 0.3) is 45.2 Å². The van der Waals surface area contributed by atoms with Crippen molar-refractivity contribution in [2.45, 2.75) is 19.3 Å². The van der Waals surface area contributed by atoms with E-state index in [1.165, 1.54) is 44.2 Å². The number of hydrogen-bond donors (Lipinski definition) is 0. The SMILES string of the molecule is CC1(C)c2ccccc2-c2ccc(N(c3ccc(-c4ccc(C=Cc5ccc(N(c6ccccc6)c6ccccc6)cc5)cc4)cc3)c3ccc4ccccc4c3)cc21. The van der Waals surface area contributed by atoms with E-state index in [-0.39, 0.29) is 5.41 Å². The van der Waals surface area contributed by atoms with Crippen LogP contribution in [0.1, 0.15) is 36.1 Å². The van der Waals surface area contributed by atoms with Gasteiger partial charge in [0.05, 0.1) is 0 Å². The highest BCUT2D eigenvalue weighted by atomic mass is 15.1. The lowest BCUT2D eigenvalue weighted by Crippen LogP contribution is -2.16. The molecule has 0 fully saturated rings. The summed E-state index contributed by atoms with van der Waals surface area (Å²) in [6, 6.07) is 78.9. The van der Waals surface area contributed by atoms with Crippen LogP contribution in [0.3, 0.4) is 0 Å². The van der Waals surface area contributed by atoms with Crippen LogP contribution in [0.4, 0.5) is 34.1 Å². The van der Waals surface area contributed by atoms with E-state index in [1.807, 2.05) is 0 Å². The Balaban J connectivity index is 0.907. The molecule has 0 amide bonds. The zero-order valence-electron chi connectivity index (χ0n) is 33.3. The number of nitrogens with zero attached hydrogens (tertiary/aromatic N) is 2. The maximum atomic E-state index is 2.41. The molecule has 0 saturated carbocycles. The first-order valence-electron chi connectivity index (χ1n) is 20.4. The van der Waals surface area contributed by atoms with Crippen molar-refractivity contribution in [1.29, 1.82) is 0 Å². The second kappa shape index (κ2) is 15.2. The van der Waals surface area contributed by atoms with E-state index < -0.39 is 0 Å². The molecule has 59 heavy (non-hydrogen) atoms. The van der Waals surface area contributed by atoms with Crippen LogP contribution in [-0.4, -0.2) is 0 Å². The molecule has 2 nitrogen and oxygen atoms in total. The molecule has 0 N–H and O–H groups in total. The van der Waals surface area contributed by atoms with Gasteiger partial charge >= 0.3 is 0 Å². The summed E-state index contributed by atoms with van der Waals surface area (Å²) in [7, 11) is 0. The zero-order chi connectivity index (χ0) is 39.8. The number of anilines is 6. The quantitative estimate of drug-likeness (QED) is 0.135. The van der Waals surface area contributed by atoms with Gasteiger partial charge in [0.15, 0.2) is 0 Å². The molecule has 1 aliphatic carbocycles. The molecule has 0 radical (unpaired) electrons. The molecule has 0 atom stereocenters. The second-order valence-electron chi connectivity index (χ2n) is 15.9. The van der Waals surface area contributed by atoms with Crippen LogP contribution in [0.2, 0.25) is 0 Å². The van der Waals surface area contributed by atoms with Crippen LogP contribution in [0.15, 0.2) is 218 Å². The van der Waals surface area contributed by atoms with Gasteiger partial charge in [-0.2, -0.15) is 0 Å². The molecule has 2 heteroatoms. The topological polar surface area (TPSA) is 6.48 Å². The van der Waals surface area contributed by atoms with Gasteiger partial charge in [-0.05, 0) is 128 Å². The molecule has 0 aromatic heterocycles. The van der Waals surface area contributed by atoms with Gasteiger partial charge in [-0.1, -0.05) is 172 Å². The minimum atomic E-state index is -0.0835. The normalized spacial score (nSPS) is 12.6. The van der Waals surface area contributed by atoms with Crippen molar-refractivity contribution in [3.05, 3.63) is 241 Å². The number of benzene rings is 9. The molecule has 0 bridgehead atoms. The van der Waals surface area contributed by atoms with Crippen LogP contribution >= 0.6 is 0 Å². The predicted octanol–water partition coefficient (Wildman–Crippen LogP) is 15.9. The molecule has 10 rings (SSSR count). The summed E-state index contributed by atoms with van der Waals surface area (Å²) in [6.07, 6.45) is 4.37. The lowest BCUT2D eigenvalue weighted by Gasteiger charge is -2.28. The fourth-order valence-electron chi connectivity index (χ4n) is 8.71. The minimum absolute atomic E-state index is 0.0835. The van der Waals surface area contributed by atoms with Crippen LogP contribution < -0.4 is 9.80 Å². The fourth-order valence-corrected chi connectivity index (χ4v) is 8.71. The van der Waals surface area contributed by atoms with Gasteiger partial charge in [0, 0.05) is 39.5 Å². The van der Waals surface area contributed by atoms with Gasteiger partial charge in [-0.3, -0.25) is 0 Å². The monoisotopic (exact) mass is 756 g/mol. The van der Waals surface area contributed by atoms with Crippen molar-refractivity contribution in [2.24, 2.45) is 0 Å². The molecule has 0 heterocycles. The molecular weight excluding hydrogens is 713 g/mol. The lowest BCUT2D eigenvalue weighted by molar-refractivity contribution is 0.660. The Morgan fingerprint density at radius 3 is 1.39 bits per heavy atom. The van der Waals surface area contributed by atoms with Gasteiger partial charge in [0.25, 0.3) is 0 Å².